The average Bonchev–Trinajstić information content (AvgIpc) is 2.54. The third-order valence-corrected chi connectivity index (χ3v) is 3.34. The molecule has 2 aromatic carbocycles. The second-order valence-electron chi connectivity index (χ2n) is 4.84. The zero-order chi connectivity index (χ0) is 15.9. The minimum Gasteiger partial charge on any atom is -0.493 e. The van der Waals surface area contributed by atoms with Gasteiger partial charge in [-0.3, -0.25) is 4.79 Å². The number of methoxy groups -OCH3 is 2. The van der Waals surface area contributed by atoms with Gasteiger partial charge < -0.3 is 20.5 Å². The largest absolute Gasteiger partial charge is 0.493 e. The first-order valence-corrected chi connectivity index (χ1v) is 6.95. The number of para-hydroxylation sites is 1. The van der Waals surface area contributed by atoms with E-state index in [-0.39, 0.29) is 12.3 Å². The van der Waals surface area contributed by atoms with E-state index in [2.05, 4.69) is 5.32 Å². The summed E-state index contributed by atoms with van der Waals surface area (Å²) < 4.78 is 10.4. The summed E-state index contributed by atoms with van der Waals surface area (Å²) in [6, 6.07) is 12.9. The number of amides is 1. The van der Waals surface area contributed by atoms with Crippen LogP contribution in [0.25, 0.3) is 0 Å². The summed E-state index contributed by atoms with van der Waals surface area (Å²) in [6.45, 7) is 0.423. The van der Waals surface area contributed by atoms with Crippen molar-refractivity contribution in [1.82, 2.24) is 5.32 Å². The predicted octanol–water partition coefficient (Wildman–Crippen LogP) is 2.14. The number of nitrogens with two attached hydrogens (primary N) is 1. The van der Waals surface area contributed by atoms with Crippen LogP contribution in [0.4, 0.5) is 5.69 Å². The number of anilines is 1. The molecule has 2 aromatic rings. The van der Waals surface area contributed by atoms with Gasteiger partial charge in [-0.15, -0.1) is 0 Å². The van der Waals surface area contributed by atoms with Crippen molar-refractivity contribution in [3.63, 3.8) is 0 Å². The van der Waals surface area contributed by atoms with Gasteiger partial charge in [0.25, 0.3) is 0 Å². The van der Waals surface area contributed by atoms with Crippen LogP contribution in [0.2, 0.25) is 0 Å². The van der Waals surface area contributed by atoms with Gasteiger partial charge in [0.1, 0.15) is 0 Å². The number of nitrogens with one attached hydrogen (secondary N) is 1. The van der Waals surface area contributed by atoms with Crippen LogP contribution in [0.3, 0.4) is 0 Å². The zero-order valence-corrected chi connectivity index (χ0v) is 12.8. The molecule has 0 aliphatic carbocycles. The molecule has 116 valence electrons. The van der Waals surface area contributed by atoms with Gasteiger partial charge in [0.15, 0.2) is 11.5 Å². The number of hydrogen-bond donors (Lipinski definition) is 2. The van der Waals surface area contributed by atoms with E-state index in [1.165, 1.54) is 0 Å². The highest BCUT2D eigenvalue weighted by molar-refractivity contribution is 5.80. The molecule has 1 amide bonds. The molecule has 0 radical (unpaired) electrons. The van der Waals surface area contributed by atoms with Crippen molar-refractivity contribution in [3.05, 3.63) is 53.6 Å². The van der Waals surface area contributed by atoms with Crippen molar-refractivity contribution in [3.8, 4) is 11.5 Å². The third kappa shape index (κ3) is 3.91. The second kappa shape index (κ2) is 7.36. The lowest BCUT2D eigenvalue weighted by Crippen LogP contribution is -2.24. The molecule has 0 saturated carbocycles. The Balaban J connectivity index is 1.95. The Labute approximate surface area is 130 Å². The van der Waals surface area contributed by atoms with Crippen LogP contribution in [-0.2, 0) is 17.8 Å². The molecule has 22 heavy (non-hydrogen) atoms. The molecule has 3 N–H and O–H groups in total. The number of rotatable bonds is 6. The van der Waals surface area contributed by atoms with Crippen LogP contribution in [0.15, 0.2) is 42.5 Å². The lowest BCUT2D eigenvalue weighted by Gasteiger charge is -2.11. The second-order valence-corrected chi connectivity index (χ2v) is 4.84. The number of benzene rings is 2. The Kier molecular flexibility index (Phi) is 5.25. The minimum absolute atomic E-state index is 0.0762. The maximum atomic E-state index is 12.0. The van der Waals surface area contributed by atoms with Crippen molar-refractivity contribution in [2.45, 2.75) is 13.0 Å². The lowest BCUT2D eigenvalue weighted by atomic mass is 10.1. The van der Waals surface area contributed by atoms with Gasteiger partial charge in [0.2, 0.25) is 5.91 Å². The number of ether oxygens (including phenoxy) is 2. The number of carbonyl (C=O) groups is 1. The van der Waals surface area contributed by atoms with Crippen LogP contribution >= 0.6 is 0 Å². The van der Waals surface area contributed by atoms with E-state index in [9.17, 15) is 4.79 Å². The summed E-state index contributed by atoms with van der Waals surface area (Å²) in [7, 11) is 3.17. The number of carbonyl (C=O) groups excluding carboxylic acids is 1. The first-order valence-electron chi connectivity index (χ1n) is 6.95. The van der Waals surface area contributed by atoms with E-state index < -0.39 is 0 Å². The van der Waals surface area contributed by atoms with Crippen LogP contribution < -0.4 is 20.5 Å². The van der Waals surface area contributed by atoms with Crippen LogP contribution in [0.5, 0.6) is 11.5 Å². The summed E-state index contributed by atoms with van der Waals surface area (Å²) >= 11 is 0. The molecule has 0 aliphatic heterocycles. The third-order valence-electron chi connectivity index (χ3n) is 3.34. The van der Waals surface area contributed by atoms with E-state index in [1.54, 1.807) is 20.3 Å². The normalized spacial score (nSPS) is 10.1. The Morgan fingerprint density at radius 2 is 1.82 bits per heavy atom. The molecule has 0 saturated heterocycles. The van der Waals surface area contributed by atoms with Gasteiger partial charge in [-0.2, -0.15) is 0 Å². The number of nitrogen functional groups attached to an aromatic ring is 1. The quantitative estimate of drug-likeness (QED) is 0.802. The molecule has 5 heteroatoms. The highest BCUT2D eigenvalue weighted by Gasteiger charge is 2.08. The van der Waals surface area contributed by atoms with Gasteiger partial charge in [0.05, 0.1) is 20.6 Å². The molecule has 0 fully saturated rings. The summed E-state index contributed by atoms with van der Waals surface area (Å²) in [5.74, 6) is 1.23. The monoisotopic (exact) mass is 300 g/mol. The fourth-order valence-electron chi connectivity index (χ4n) is 2.12. The van der Waals surface area contributed by atoms with Crippen molar-refractivity contribution < 1.29 is 14.3 Å². The standard InChI is InChI=1S/C17H20N2O3/c1-21-15-8-7-12(9-16(15)22-2)11-19-17(20)10-13-5-3-4-6-14(13)18/h3-9H,10-11,18H2,1-2H3,(H,19,20). The van der Waals surface area contributed by atoms with E-state index in [0.717, 1.165) is 11.1 Å². The highest BCUT2D eigenvalue weighted by Crippen LogP contribution is 2.27. The van der Waals surface area contributed by atoms with E-state index in [1.807, 2.05) is 36.4 Å². The van der Waals surface area contributed by atoms with E-state index >= 15 is 0 Å². The zero-order valence-electron chi connectivity index (χ0n) is 12.8. The summed E-state index contributed by atoms with van der Waals surface area (Å²) in [4.78, 5) is 12.0. The fourth-order valence-corrected chi connectivity index (χ4v) is 2.12. The van der Waals surface area contributed by atoms with Gasteiger partial charge >= 0.3 is 0 Å². The van der Waals surface area contributed by atoms with Crippen molar-refractivity contribution in [2.75, 3.05) is 20.0 Å². The van der Waals surface area contributed by atoms with Gasteiger partial charge in [-0.05, 0) is 29.3 Å². The highest BCUT2D eigenvalue weighted by atomic mass is 16.5. The maximum Gasteiger partial charge on any atom is 0.224 e. The van der Waals surface area contributed by atoms with Crippen molar-refractivity contribution >= 4 is 11.6 Å². The van der Waals surface area contributed by atoms with Crippen LogP contribution in [-0.4, -0.2) is 20.1 Å². The minimum atomic E-state index is -0.0762. The fraction of sp³-hybridized carbons (Fsp3) is 0.235. The SMILES string of the molecule is COc1ccc(CNC(=O)Cc2ccccc2N)cc1OC. The molecule has 2 rings (SSSR count). The predicted molar refractivity (Wildman–Crippen MR) is 86.0 cm³/mol. The van der Waals surface area contributed by atoms with E-state index in [0.29, 0.717) is 23.7 Å². The summed E-state index contributed by atoms with van der Waals surface area (Å²) in [5.41, 5.74) is 8.23. The lowest BCUT2D eigenvalue weighted by molar-refractivity contribution is -0.120. The molecule has 0 aliphatic rings. The Morgan fingerprint density at radius 1 is 1.09 bits per heavy atom. The Hall–Kier alpha value is -2.69. The van der Waals surface area contributed by atoms with Gasteiger partial charge in [-0.1, -0.05) is 24.3 Å². The molecule has 5 nitrogen and oxygen atoms in total. The first-order chi connectivity index (χ1) is 10.6. The smallest absolute Gasteiger partial charge is 0.224 e. The summed E-state index contributed by atoms with van der Waals surface area (Å²) in [5, 5.41) is 2.87. The van der Waals surface area contributed by atoms with Crippen molar-refractivity contribution in [1.29, 1.82) is 0 Å². The number of hydrogen-bond acceptors (Lipinski definition) is 4. The molecule has 0 aromatic heterocycles. The van der Waals surface area contributed by atoms with Crippen LogP contribution in [0.1, 0.15) is 11.1 Å². The molecule has 0 unspecified atom stereocenters. The van der Waals surface area contributed by atoms with Crippen LogP contribution in [0, 0.1) is 0 Å². The van der Waals surface area contributed by atoms with Gasteiger partial charge in [-0.25, -0.2) is 0 Å². The molecular formula is C17H20N2O3. The molecular weight excluding hydrogens is 280 g/mol. The topological polar surface area (TPSA) is 73.6 Å². The van der Waals surface area contributed by atoms with Gasteiger partial charge in [0, 0.05) is 12.2 Å². The summed E-state index contributed by atoms with van der Waals surface area (Å²) in [6.07, 6.45) is 0.264. The molecule has 0 spiro atoms. The molecule has 0 atom stereocenters. The molecule has 0 heterocycles. The van der Waals surface area contributed by atoms with E-state index in [4.69, 9.17) is 15.2 Å². The first kappa shape index (κ1) is 15.7. The maximum absolute atomic E-state index is 12.0. The Morgan fingerprint density at radius 3 is 2.50 bits per heavy atom. The molecule has 0 bridgehead atoms. The average molecular weight is 300 g/mol. The van der Waals surface area contributed by atoms with Crippen molar-refractivity contribution in [2.24, 2.45) is 0 Å². The Bertz CT molecular complexity index is 656.